The number of benzene rings is 1. The molecule has 1 aromatic carbocycles. The number of nitrogens with zero attached hydrogens (tertiary/aromatic N) is 3. The molecule has 2 aromatic rings. The molecule has 28 heavy (non-hydrogen) atoms. The van der Waals surface area contributed by atoms with Gasteiger partial charge in [-0.05, 0) is 18.2 Å². The lowest BCUT2D eigenvalue weighted by Crippen LogP contribution is -2.53. The monoisotopic (exact) mass is 382 g/mol. The van der Waals surface area contributed by atoms with E-state index in [1.807, 2.05) is 24.3 Å². The molecule has 0 atom stereocenters. The molecule has 1 N–H and O–H groups in total. The Morgan fingerprint density at radius 3 is 2.64 bits per heavy atom. The first-order chi connectivity index (χ1) is 13.7. The smallest absolute Gasteiger partial charge is 0.289 e. The van der Waals surface area contributed by atoms with Gasteiger partial charge in [-0.15, -0.1) is 0 Å². The summed E-state index contributed by atoms with van der Waals surface area (Å²) in [5.74, 6) is 1.95. The van der Waals surface area contributed by atoms with Crippen LogP contribution in [0, 0.1) is 0 Å². The molecule has 7 heteroatoms. The van der Waals surface area contributed by atoms with E-state index < -0.39 is 0 Å². The molecule has 1 fully saturated rings. The lowest BCUT2D eigenvalue weighted by molar-refractivity contribution is 0.0657. The van der Waals surface area contributed by atoms with Gasteiger partial charge in [0.15, 0.2) is 11.7 Å². The zero-order valence-corrected chi connectivity index (χ0v) is 16.1. The number of piperazine rings is 1. The van der Waals surface area contributed by atoms with Crippen molar-refractivity contribution in [1.29, 1.82) is 0 Å². The number of ether oxygens (including phenoxy) is 1. The summed E-state index contributed by atoms with van der Waals surface area (Å²) in [5.41, 5.74) is 1.05. The van der Waals surface area contributed by atoms with Gasteiger partial charge in [0.2, 0.25) is 0 Å². The number of para-hydroxylation sites is 1. The van der Waals surface area contributed by atoms with Crippen molar-refractivity contribution < 1.29 is 13.9 Å². The zero-order valence-electron chi connectivity index (χ0n) is 16.1. The first-order valence-corrected chi connectivity index (χ1v) is 9.33. The Morgan fingerprint density at radius 2 is 1.96 bits per heavy atom. The molecule has 7 nitrogen and oxygen atoms in total. The van der Waals surface area contributed by atoms with Crippen molar-refractivity contribution in [2.24, 2.45) is 4.99 Å². The van der Waals surface area contributed by atoms with E-state index in [0.717, 1.165) is 17.3 Å². The van der Waals surface area contributed by atoms with Gasteiger partial charge in [0.05, 0.1) is 6.26 Å². The van der Waals surface area contributed by atoms with E-state index >= 15 is 0 Å². The van der Waals surface area contributed by atoms with E-state index in [2.05, 4.69) is 21.8 Å². The molecule has 0 saturated carbocycles. The number of rotatable bonds is 6. The van der Waals surface area contributed by atoms with Crippen LogP contribution in [0.2, 0.25) is 0 Å². The highest BCUT2D eigenvalue weighted by Crippen LogP contribution is 2.18. The number of guanidine groups is 1. The predicted molar refractivity (Wildman–Crippen MR) is 109 cm³/mol. The second-order valence-corrected chi connectivity index (χ2v) is 6.36. The van der Waals surface area contributed by atoms with Crippen LogP contribution in [-0.4, -0.2) is 61.5 Å². The molecule has 0 unspecified atom stereocenters. The molecular weight excluding hydrogens is 356 g/mol. The zero-order chi connectivity index (χ0) is 19.8. The van der Waals surface area contributed by atoms with Gasteiger partial charge in [-0.2, -0.15) is 0 Å². The number of carbonyl (C=O) groups is 1. The highest BCUT2D eigenvalue weighted by atomic mass is 16.5. The predicted octanol–water partition coefficient (Wildman–Crippen LogP) is 2.38. The van der Waals surface area contributed by atoms with Crippen molar-refractivity contribution in [3.63, 3.8) is 0 Å². The van der Waals surface area contributed by atoms with Gasteiger partial charge in [-0.3, -0.25) is 9.79 Å². The van der Waals surface area contributed by atoms with E-state index in [4.69, 9.17) is 9.15 Å². The summed E-state index contributed by atoms with van der Waals surface area (Å²) in [7, 11) is 1.77. The normalized spacial score (nSPS) is 14.7. The molecule has 2 heterocycles. The van der Waals surface area contributed by atoms with E-state index in [1.165, 1.54) is 6.26 Å². The Labute approximate surface area is 165 Å². The average molecular weight is 382 g/mol. The first-order valence-electron chi connectivity index (χ1n) is 9.33. The van der Waals surface area contributed by atoms with Crippen molar-refractivity contribution >= 4 is 11.9 Å². The fraction of sp³-hybridized carbons (Fsp3) is 0.333. The van der Waals surface area contributed by atoms with Crippen LogP contribution >= 0.6 is 0 Å². The van der Waals surface area contributed by atoms with Gasteiger partial charge in [0, 0.05) is 45.3 Å². The Hall–Kier alpha value is -3.22. The van der Waals surface area contributed by atoms with Gasteiger partial charge >= 0.3 is 0 Å². The standard InChI is InChI=1S/C21H26N4O3/c1-3-14-27-18-8-5-4-7-17(18)16-23-21(22-2)25-12-10-24(11-13-25)20(26)19-9-6-15-28-19/h3-9,15H,1,10-14,16H2,2H3,(H,22,23). The fourth-order valence-corrected chi connectivity index (χ4v) is 3.12. The maximum Gasteiger partial charge on any atom is 0.289 e. The molecular formula is C21H26N4O3. The topological polar surface area (TPSA) is 70.3 Å². The second-order valence-electron chi connectivity index (χ2n) is 6.36. The largest absolute Gasteiger partial charge is 0.489 e. The lowest BCUT2D eigenvalue weighted by Gasteiger charge is -2.36. The van der Waals surface area contributed by atoms with E-state index in [1.54, 1.807) is 30.2 Å². The van der Waals surface area contributed by atoms with Crippen LogP contribution in [0.25, 0.3) is 0 Å². The quantitative estimate of drug-likeness (QED) is 0.472. The van der Waals surface area contributed by atoms with Crippen molar-refractivity contribution in [2.45, 2.75) is 6.54 Å². The molecule has 3 rings (SSSR count). The molecule has 1 aliphatic heterocycles. The average Bonchev–Trinajstić information content (AvgIpc) is 3.28. The van der Waals surface area contributed by atoms with Gasteiger partial charge in [-0.25, -0.2) is 0 Å². The molecule has 0 bridgehead atoms. The Kier molecular flexibility index (Phi) is 6.73. The minimum Gasteiger partial charge on any atom is -0.489 e. The van der Waals surface area contributed by atoms with Crippen LogP contribution in [0.3, 0.4) is 0 Å². The van der Waals surface area contributed by atoms with Gasteiger partial charge in [0.25, 0.3) is 5.91 Å². The van der Waals surface area contributed by atoms with Crippen molar-refractivity contribution in [3.05, 3.63) is 66.6 Å². The lowest BCUT2D eigenvalue weighted by atomic mass is 10.2. The third-order valence-corrected chi connectivity index (χ3v) is 4.58. The maximum absolute atomic E-state index is 12.4. The summed E-state index contributed by atoms with van der Waals surface area (Å²) in [6, 6.07) is 11.3. The summed E-state index contributed by atoms with van der Waals surface area (Å²) in [6.45, 7) is 7.43. The molecule has 148 valence electrons. The highest BCUT2D eigenvalue weighted by molar-refractivity contribution is 5.91. The summed E-state index contributed by atoms with van der Waals surface area (Å²) in [6.07, 6.45) is 3.25. The molecule has 1 saturated heterocycles. The second kappa shape index (κ2) is 9.64. The van der Waals surface area contributed by atoms with Crippen LogP contribution < -0.4 is 10.1 Å². The molecule has 0 aliphatic carbocycles. The van der Waals surface area contributed by atoms with Gasteiger partial charge < -0.3 is 24.3 Å². The SMILES string of the molecule is C=CCOc1ccccc1CNC(=NC)N1CCN(C(=O)c2ccco2)CC1. The Balaban J connectivity index is 1.54. The Bertz CT molecular complexity index is 809. The van der Waals surface area contributed by atoms with Crippen molar-refractivity contribution in [3.8, 4) is 5.75 Å². The summed E-state index contributed by atoms with van der Waals surface area (Å²) >= 11 is 0. The Morgan fingerprint density at radius 1 is 1.21 bits per heavy atom. The molecule has 1 amide bonds. The number of carbonyl (C=O) groups excluding carboxylic acids is 1. The van der Waals surface area contributed by atoms with Crippen molar-refractivity contribution in [2.75, 3.05) is 39.8 Å². The third-order valence-electron chi connectivity index (χ3n) is 4.58. The third kappa shape index (κ3) is 4.73. The molecule has 1 aromatic heterocycles. The van der Waals surface area contributed by atoms with E-state index in [9.17, 15) is 4.79 Å². The summed E-state index contributed by atoms with van der Waals surface area (Å²) in [4.78, 5) is 20.7. The minimum absolute atomic E-state index is 0.0686. The number of hydrogen-bond donors (Lipinski definition) is 1. The minimum atomic E-state index is -0.0686. The number of hydrogen-bond acceptors (Lipinski definition) is 4. The molecule has 0 radical (unpaired) electrons. The van der Waals surface area contributed by atoms with E-state index in [0.29, 0.717) is 45.1 Å². The first kappa shape index (κ1) is 19.5. The van der Waals surface area contributed by atoms with Crippen LogP contribution in [0.4, 0.5) is 0 Å². The van der Waals surface area contributed by atoms with Crippen molar-refractivity contribution in [1.82, 2.24) is 15.1 Å². The number of furan rings is 1. The van der Waals surface area contributed by atoms with E-state index in [-0.39, 0.29) is 5.91 Å². The number of nitrogens with one attached hydrogen (secondary N) is 1. The van der Waals surface area contributed by atoms with Crippen LogP contribution in [0.5, 0.6) is 5.75 Å². The highest BCUT2D eigenvalue weighted by Gasteiger charge is 2.25. The molecule has 0 spiro atoms. The molecule has 1 aliphatic rings. The van der Waals surface area contributed by atoms with Crippen LogP contribution in [-0.2, 0) is 6.54 Å². The maximum atomic E-state index is 12.4. The van der Waals surface area contributed by atoms with Crippen LogP contribution in [0.1, 0.15) is 16.1 Å². The number of amides is 1. The summed E-state index contributed by atoms with van der Waals surface area (Å²) < 4.78 is 10.9. The summed E-state index contributed by atoms with van der Waals surface area (Å²) in [5, 5.41) is 3.39. The van der Waals surface area contributed by atoms with Gasteiger partial charge in [0.1, 0.15) is 12.4 Å². The fourth-order valence-electron chi connectivity index (χ4n) is 3.12. The number of aliphatic imine (C=N–C) groups is 1. The van der Waals surface area contributed by atoms with Gasteiger partial charge in [-0.1, -0.05) is 30.9 Å². The van der Waals surface area contributed by atoms with Crippen LogP contribution in [0.15, 0.2) is 64.7 Å².